The van der Waals surface area contributed by atoms with Gasteiger partial charge in [0, 0.05) is 6.54 Å². The van der Waals surface area contributed by atoms with Gasteiger partial charge < -0.3 is 16.4 Å². The molecule has 0 radical (unpaired) electrons. The second-order valence-electron chi connectivity index (χ2n) is 5.18. The summed E-state index contributed by atoms with van der Waals surface area (Å²) in [6.07, 6.45) is 5.17. The normalized spacial score (nSPS) is 17.1. The molecule has 2 rings (SSSR count). The van der Waals surface area contributed by atoms with Crippen molar-refractivity contribution in [2.45, 2.75) is 37.6 Å². The van der Waals surface area contributed by atoms with Crippen LogP contribution in [-0.2, 0) is 5.54 Å². The van der Waals surface area contributed by atoms with E-state index in [1.54, 1.807) is 0 Å². The van der Waals surface area contributed by atoms with Crippen molar-refractivity contribution < 1.29 is 4.79 Å². The van der Waals surface area contributed by atoms with Crippen LogP contribution in [0.15, 0.2) is 30.3 Å². The zero-order valence-corrected chi connectivity index (χ0v) is 11.3. The van der Waals surface area contributed by atoms with Crippen LogP contribution in [0, 0.1) is 0 Å². The SMILES string of the molecule is NCCCNC(=O)NC1(c2ccccc2)CCCC1. The first kappa shape index (κ1) is 13.9. The summed E-state index contributed by atoms with van der Waals surface area (Å²) in [7, 11) is 0. The topological polar surface area (TPSA) is 67.1 Å². The minimum atomic E-state index is -0.186. The third-order valence-electron chi connectivity index (χ3n) is 3.80. The van der Waals surface area contributed by atoms with E-state index >= 15 is 0 Å². The van der Waals surface area contributed by atoms with E-state index in [-0.39, 0.29) is 11.6 Å². The minimum absolute atomic E-state index is 0.0841. The lowest BCUT2D eigenvalue weighted by atomic mass is 9.88. The Kier molecular flexibility index (Phi) is 4.80. The molecule has 0 unspecified atom stereocenters. The van der Waals surface area contributed by atoms with E-state index < -0.39 is 0 Å². The van der Waals surface area contributed by atoms with Gasteiger partial charge in [-0.15, -0.1) is 0 Å². The third kappa shape index (κ3) is 3.47. The van der Waals surface area contributed by atoms with Gasteiger partial charge in [0.2, 0.25) is 0 Å². The van der Waals surface area contributed by atoms with Gasteiger partial charge in [-0.3, -0.25) is 0 Å². The highest BCUT2D eigenvalue weighted by Crippen LogP contribution is 2.38. The number of benzene rings is 1. The fraction of sp³-hybridized carbons (Fsp3) is 0.533. The molecular formula is C15H23N3O. The zero-order chi connectivity index (χ0) is 13.6. The molecule has 1 aromatic carbocycles. The highest BCUT2D eigenvalue weighted by molar-refractivity contribution is 5.75. The molecule has 4 nitrogen and oxygen atoms in total. The van der Waals surface area contributed by atoms with E-state index in [9.17, 15) is 4.79 Å². The number of nitrogens with one attached hydrogen (secondary N) is 2. The lowest BCUT2D eigenvalue weighted by Gasteiger charge is -2.31. The van der Waals surface area contributed by atoms with E-state index in [0.29, 0.717) is 13.1 Å². The van der Waals surface area contributed by atoms with Crippen molar-refractivity contribution in [1.29, 1.82) is 0 Å². The molecule has 2 amide bonds. The number of amides is 2. The van der Waals surface area contributed by atoms with Crippen molar-refractivity contribution in [3.63, 3.8) is 0 Å². The van der Waals surface area contributed by atoms with Gasteiger partial charge in [0.15, 0.2) is 0 Å². The Labute approximate surface area is 114 Å². The van der Waals surface area contributed by atoms with Gasteiger partial charge in [0.05, 0.1) is 5.54 Å². The Morgan fingerprint density at radius 3 is 2.53 bits per heavy atom. The van der Waals surface area contributed by atoms with Gasteiger partial charge in [0.25, 0.3) is 0 Å². The van der Waals surface area contributed by atoms with Crippen molar-refractivity contribution in [3.05, 3.63) is 35.9 Å². The maximum Gasteiger partial charge on any atom is 0.315 e. The molecule has 0 spiro atoms. The van der Waals surface area contributed by atoms with Gasteiger partial charge in [0.1, 0.15) is 0 Å². The van der Waals surface area contributed by atoms with Gasteiger partial charge in [-0.1, -0.05) is 43.2 Å². The molecule has 1 aromatic rings. The first-order chi connectivity index (χ1) is 9.27. The molecule has 1 aliphatic carbocycles. The highest BCUT2D eigenvalue weighted by atomic mass is 16.2. The number of urea groups is 1. The summed E-state index contributed by atoms with van der Waals surface area (Å²) < 4.78 is 0. The molecule has 0 bridgehead atoms. The molecule has 1 aliphatic rings. The lowest BCUT2D eigenvalue weighted by molar-refractivity contribution is 0.224. The average Bonchev–Trinajstić information content (AvgIpc) is 2.90. The molecule has 1 saturated carbocycles. The number of rotatable bonds is 5. The first-order valence-electron chi connectivity index (χ1n) is 7.08. The van der Waals surface area contributed by atoms with E-state index in [1.165, 1.54) is 5.56 Å². The first-order valence-corrected chi connectivity index (χ1v) is 7.08. The second kappa shape index (κ2) is 6.57. The maximum atomic E-state index is 12.0. The Hall–Kier alpha value is -1.55. The van der Waals surface area contributed by atoms with Crippen LogP contribution in [0.4, 0.5) is 4.79 Å². The van der Waals surface area contributed by atoms with Crippen LogP contribution in [0.25, 0.3) is 0 Å². The highest BCUT2D eigenvalue weighted by Gasteiger charge is 2.36. The number of hydrogen-bond acceptors (Lipinski definition) is 2. The fourth-order valence-electron chi connectivity index (χ4n) is 2.79. The van der Waals surface area contributed by atoms with Crippen LogP contribution < -0.4 is 16.4 Å². The average molecular weight is 261 g/mol. The van der Waals surface area contributed by atoms with Crippen LogP contribution in [0.1, 0.15) is 37.7 Å². The van der Waals surface area contributed by atoms with E-state index in [4.69, 9.17) is 5.73 Å². The van der Waals surface area contributed by atoms with E-state index in [0.717, 1.165) is 32.1 Å². The van der Waals surface area contributed by atoms with E-state index in [1.807, 2.05) is 18.2 Å². The van der Waals surface area contributed by atoms with Crippen LogP contribution in [0.2, 0.25) is 0 Å². The van der Waals surface area contributed by atoms with Crippen molar-refractivity contribution in [2.75, 3.05) is 13.1 Å². The summed E-state index contributed by atoms with van der Waals surface area (Å²) in [5.74, 6) is 0. The molecule has 0 saturated heterocycles. The number of carbonyl (C=O) groups excluding carboxylic acids is 1. The Balaban J connectivity index is 2.02. The standard InChI is InChI=1S/C15H23N3O/c16-11-6-12-17-14(19)18-15(9-4-5-10-15)13-7-2-1-3-8-13/h1-3,7-8H,4-6,9-12,16H2,(H2,17,18,19). The molecule has 104 valence electrons. The quantitative estimate of drug-likeness (QED) is 0.711. The molecule has 4 heteroatoms. The monoisotopic (exact) mass is 261 g/mol. The predicted octanol–water partition coefficient (Wildman–Crippen LogP) is 2.10. The molecule has 0 aliphatic heterocycles. The number of carbonyl (C=O) groups is 1. The van der Waals surface area contributed by atoms with Crippen molar-refractivity contribution in [2.24, 2.45) is 5.73 Å². The molecule has 0 atom stereocenters. The summed E-state index contributed by atoms with van der Waals surface area (Å²) in [5, 5.41) is 6.05. The lowest BCUT2D eigenvalue weighted by Crippen LogP contribution is -2.48. The van der Waals surface area contributed by atoms with Gasteiger partial charge in [-0.2, -0.15) is 0 Å². The van der Waals surface area contributed by atoms with Gasteiger partial charge in [-0.25, -0.2) is 4.79 Å². The molecule has 19 heavy (non-hydrogen) atoms. The predicted molar refractivity (Wildman–Crippen MR) is 76.8 cm³/mol. The number of nitrogens with two attached hydrogens (primary N) is 1. The van der Waals surface area contributed by atoms with Gasteiger partial charge in [-0.05, 0) is 31.4 Å². The zero-order valence-electron chi connectivity index (χ0n) is 11.3. The van der Waals surface area contributed by atoms with Gasteiger partial charge >= 0.3 is 6.03 Å². The van der Waals surface area contributed by atoms with Crippen LogP contribution >= 0.6 is 0 Å². The molecular weight excluding hydrogens is 238 g/mol. The fourth-order valence-corrected chi connectivity index (χ4v) is 2.79. The minimum Gasteiger partial charge on any atom is -0.338 e. The van der Waals surface area contributed by atoms with Crippen molar-refractivity contribution >= 4 is 6.03 Å². The largest absolute Gasteiger partial charge is 0.338 e. The summed E-state index contributed by atoms with van der Waals surface area (Å²) >= 11 is 0. The summed E-state index contributed by atoms with van der Waals surface area (Å²) in [6.45, 7) is 1.23. The molecule has 0 aromatic heterocycles. The summed E-state index contributed by atoms with van der Waals surface area (Å²) in [6, 6.07) is 10.2. The van der Waals surface area contributed by atoms with Crippen LogP contribution in [0.3, 0.4) is 0 Å². The third-order valence-corrected chi connectivity index (χ3v) is 3.80. The number of hydrogen-bond donors (Lipinski definition) is 3. The molecule has 4 N–H and O–H groups in total. The van der Waals surface area contributed by atoms with Crippen LogP contribution in [-0.4, -0.2) is 19.1 Å². The second-order valence-corrected chi connectivity index (χ2v) is 5.18. The Morgan fingerprint density at radius 1 is 1.21 bits per heavy atom. The van der Waals surface area contributed by atoms with Crippen molar-refractivity contribution in [3.8, 4) is 0 Å². The van der Waals surface area contributed by atoms with E-state index in [2.05, 4.69) is 22.8 Å². The Morgan fingerprint density at radius 2 is 1.89 bits per heavy atom. The maximum absolute atomic E-state index is 12.0. The smallest absolute Gasteiger partial charge is 0.315 e. The van der Waals surface area contributed by atoms with Crippen molar-refractivity contribution in [1.82, 2.24) is 10.6 Å². The molecule has 1 fully saturated rings. The Bertz CT molecular complexity index is 399. The summed E-state index contributed by atoms with van der Waals surface area (Å²) in [5.41, 5.74) is 6.45. The van der Waals surface area contributed by atoms with Crippen LogP contribution in [0.5, 0.6) is 0 Å². The molecule has 0 heterocycles. The summed E-state index contributed by atoms with van der Waals surface area (Å²) in [4.78, 5) is 12.0.